The first kappa shape index (κ1) is 14.1. The predicted molar refractivity (Wildman–Crippen MR) is 79.2 cm³/mol. The summed E-state index contributed by atoms with van der Waals surface area (Å²) in [6, 6.07) is 3.20. The Morgan fingerprint density at radius 2 is 2.00 bits per heavy atom. The molecule has 2 rings (SSSR count). The third-order valence-electron chi connectivity index (χ3n) is 4.16. The Balaban J connectivity index is 1.75. The van der Waals surface area contributed by atoms with Crippen LogP contribution < -0.4 is 11.3 Å². The maximum Gasteiger partial charge on any atom is 0.250 e. The Kier molecular flexibility index (Phi) is 5.02. The van der Waals surface area contributed by atoms with Crippen molar-refractivity contribution < 1.29 is 0 Å². The molecule has 4 heteroatoms. The molecule has 2 heterocycles. The van der Waals surface area contributed by atoms with E-state index in [9.17, 15) is 4.79 Å². The van der Waals surface area contributed by atoms with Gasteiger partial charge in [0.05, 0.1) is 0 Å². The zero-order valence-corrected chi connectivity index (χ0v) is 11.8. The second-order valence-electron chi connectivity index (χ2n) is 5.54. The summed E-state index contributed by atoms with van der Waals surface area (Å²) in [6.07, 6.45) is 6.72. The number of pyridine rings is 1. The van der Waals surface area contributed by atoms with Crippen LogP contribution in [0.4, 0.5) is 5.69 Å². The summed E-state index contributed by atoms with van der Waals surface area (Å²) in [4.78, 5) is 14.1. The predicted octanol–water partition coefficient (Wildman–Crippen LogP) is 1.94. The number of nitrogens with two attached hydrogens (primary N) is 1. The van der Waals surface area contributed by atoms with E-state index in [1.807, 2.05) is 0 Å². The Bertz CT molecular complexity index is 447. The van der Waals surface area contributed by atoms with Crippen molar-refractivity contribution in [2.75, 3.05) is 25.4 Å². The minimum Gasteiger partial charge on any atom is -0.398 e. The lowest BCUT2D eigenvalue weighted by atomic mass is 9.94. The fourth-order valence-electron chi connectivity index (χ4n) is 2.81. The highest BCUT2D eigenvalue weighted by atomic mass is 16.1. The number of anilines is 1. The average molecular weight is 263 g/mol. The lowest BCUT2D eigenvalue weighted by Gasteiger charge is -2.31. The first-order chi connectivity index (χ1) is 9.19. The van der Waals surface area contributed by atoms with Crippen molar-refractivity contribution in [1.82, 2.24) is 9.47 Å². The largest absolute Gasteiger partial charge is 0.398 e. The Hall–Kier alpha value is -1.29. The maximum absolute atomic E-state index is 11.6. The molecule has 0 atom stereocenters. The summed E-state index contributed by atoms with van der Waals surface area (Å²) in [5.74, 6) is 0.924. The van der Waals surface area contributed by atoms with Crippen LogP contribution in [0.5, 0.6) is 0 Å². The van der Waals surface area contributed by atoms with Gasteiger partial charge in [0.2, 0.25) is 0 Å². The van der Waals surface area contributed by atoms with Crippen LogP contribution >= 0.6 is 0 Å². The third-order valence-corrected chi connectivity index (χ3v) is 4.16. The molecule has 1 aliphatic rings. The summed E-state index contributed by atoms with van der Waals surface area (Å²) in [5, 5.41) is 0. The molecule has 1 saturated heterocycles. The van der Waals surface area contributed by atoms with Gasteiger partial charge in [-0.2, -0.15) is 0 Å². The lowest BCUT2D eigenvalue weighted by molar-refractivity contribution is 0.178. The molecule has 4 nitrogen and oxygen atoms in total. The van der Waals surface area contributed by atoms with Gasteiger partial charge >= 0.3 is 0 Å². The van der Waals surface area contributed by atoms with Crippen molar-refractivity contribution in [2.24, 2.45) is 5.92 Å². The van der Waals surface area contributed by atoms with Crippen LogP contribution in [0, 0.1) is 5.92 Å². The molecule has 0 aromatic carbocycles. The van der Waals surface area contributed by atoms with Crippen molar-refractivity contribution >= 4 is 5.69 Å². The molecular weight excluding hydrogens is 238 g/mol. The van der Waals surface area contributed by atoms with E-state index in [4.69, 9.17) is 5.73 Å². The van der Waals surface area contributed by atoms with E-state index in [0.717, 1.165) is 25.4 Å². The van der Waals surface area contributed by atoms with Crippen molar-refractivity contribution in [3.05, 3.63) is 28.7 Å². The number of aryl methyl sites for hydroxylation is 1. The van der Waals surface area contributed by atoms with Crippen molar-refractivity contribution in [3.8, 4) is 0 Å². The van der Waals surface area contributed by atoms with E-state index >= 15 is 0 Å². The molecule has 1 aromatic heterocycles. The topological polar surface area (TPSA) is 51.3 Å². The normalized spacial score (nSPS) is 17.7. The second kappa shape index (κ2) is 6.75. The van der Waals surface area contributed by atoms with Gasteiger partial charge in [-0.3, -0.25) is 4.79 Å². The van der Waals surface area contributed by atoms with Crippen LogP contribution in [-0.4, -0.2) is 29.1 Å². The number of nitrogens with zero attached hydrogens (tertiary/aromatic N) is 2. The quantitative estimate of drug-likeness (QED) is 0.883. The monoisotopic (exact) mass is 263 g/mol. The molecule has 0 bridgehead atoms. The molecule has 0 aliphatic carbocycles. The number of nitrogen functional groups attached to an aromatic ring is 1. The fourth-order valence-corrected chi connectivity index (χ4v) is 2.81. The van der Waals surface area contributed by atoms with Gasteiger partial charge in [-0.25, -0.2) is 0 Å². The molecule has 0 radical (unpaired) electrons. The van der Waals surface area contributed by atoms with Crippen molar-refractivity contribution in [2.45, 2.75) is 39.2 Å². The number of likely N-dealkylation sites (tertiary alicyclic amines) is 1. The molecule has 1 fully saturated rings. The van der Waals surface area contributed by atoms with Gasteiger partial charge in [0.15, 0.2) is 0 Å². The Morgan fingerprint density at radius 3 is 2.68 bits per heavy atom. The van der Waals surface area contributed by atoms with Gasteiger partial charge in [-0.1, -0.05) is 13.3 Å². The summed E-state index contributed by atoms with van der Waals surface area (Å²) >= 11 is 0. The highest BCUT2D eigenvalue weighted by molar-refractivity contribution is 5.33. The first-order valence-electron chi connectivity index (χ1n) is 7.37. The molecular formula is C15H25N3O. The Labute approximate surface area is 115 Å². The summed E-state index contributed by atoms with van der Waals surface area (Å²) < 4.78 is 1.72. The minimum atomic E-state index is 0.0406. The van der Waals surface area contributed by atoms with Crippen molar-refractivity contribution in [3.63, 3.8) is 0 Å². The lowest BCUT2D eigenvalue weighted by Crippen LogP contribution is -2.35. The van der Waals surface area contributed by atoms with Crippen LogP contribution in [-0.2, 0) is 6.54 Å². The molecule has 0 saturated carbocycles. The molecule has 0 unspecified atom stereocenters. The molecule has 19 heavy (non-hydrogen) atoms. The van der Waals surface area contributed by atoms with Gasteiger partial charge in [0, 0.05) is 24.5 Å². The van der Waals surface area contributed by atoms with Crippen molar-refractivity contribution in [1.29, 1.82) is 0 Å². The summed E-state index contributed by atoms with van der Waals surface area (Å²) in [6.45, 7) is 6.55. The number of hydrogen-bond donors (Lipinski definition) is 1. The highest BCUT2D eigenvalue weighted by Crippen LogP contribution is 2.19. The molecule has 0 spiro atoms. The van der Waals surface area contributed by atoms with Gasteiger partial charge in [-0.05, 0) is 50.9 Å². The average Bonchev–Trinajstić information content (AvgIpc) is 2.43. The SMILES string of the molecule is CCC1CCN(CCCn2cc(N)ccc2=O)CC1. The number of rotatable bonds is 5. The third kappa shape index (κ3) is 4.10. The standard InChI is InChI=1S/C15H25N3O/c1-2-13-6-10-17(11-7-13)8-3-9-18-12-14(16)4-5-15(18)19/h4-5,12-13H,2-3,6-11,16H2,1H3. The van der Waals surface area contributed by atoms with Gasteiger partial charge in [0.1, 0.15) is 0 Å². The molecule has 106 valence electrons. The zero-order valence-electron chi connectivity index (χ0n) is 11.8. The smallest absolute Gasteiger partial charge is 0.250 e. The van der Waals surface area contributed by atoms with Crippen LogP contribution in [0.15, 0.2) is 23.1 Å². The highest BCUT2D eigenvalue weighted by Gasteiger charge is 2.16. The minimum absolute atomic E-state index is 0.0406. The second-order valence-corrected chi connectivity index (χ2v) is 5.54. The van der Waals surface area contributed by atoms with E-state index in [1.165, 1.54) is 32.4 Å². The fraction of sp³-hybridized carbons (Fsp3) is 0.667. The number of aromatic nitrogens is 1. The van der Waals surface area contributed by atoms with Crippen LogP contribution in [0.25, 0.3) is 0 Å². The van der Waals surface area contributed by atoms with Crippen LogP contribution in [0.2, 0.25) is 0 Å². The van der Waals surface area contributed by atoms with Crippen LogP contribution in [0.1, 0.15) is 32.6 Å². The molecule has 2 N–H and O–H groups in total. The van der Waals surface area contributed by atoms with Gasteiger partial charge in [0.25, 0.3) is 5.56 Å². The van der Waals surface area contributed by atoms with E-state index in [0.29, 0.717) is 5.69 Å². The Morgan fingerprint density at radius 1 is 1.26 bits per heavy atom. The van der Waals surface area contributed by atoms with Gasteiger partial charge < -0.3 is 15.2 Å². The number of piperidine rings is 1. The maximum atomic E-state index is 11.6. The molecule has 1 aliphatic heterocycles. The van der Waals surface area contributed by atoms with E-state index in [2.05, 4.69) is 11.8 Å². The molecule has 0 amide bonds. The summed E-state index contributed by atoms with van der Waals surface area (Å²) in [7, 11) is 0. The number of hydrogen-bond acceptors (Lipinski definition) is 3. The van der Waals surface area contributed by atoms with Crippen LogP contribution in [0.3, 0.4) is 0 Å². The zero-order chi connectivity index (χ0) is 13.7. The first-order valence-corrected chi connectivity index (χ1v) is 7.37. The summed E-state index contributed by atoms with van der Waals surface area (Å²) in [5.41, 5.74) is 6.40. The van der Waals surface area contributed by atoms with E-state index in [-0.39, 0.29) is 5.56 Å². The van der Waals surface area contributed by atoms with Gasteiger partial charge in [-0.15, -0.1) is 0 Å². The molecule has 1 aromatic rings. The van der Waals surface area contributed by atoms with E-state index < -0.39 is 0 Å². The van der Waals surface area contributed by atoms with E-state index in [1.54, 1.807) is 22.9 Å².